The maximum atomic E-state index is 11.5. The largest absolute Gasteiger partial charge is 0.493 e. The quantitative estimate of drug-likeness (QED) is 0.900. The number of likely N-dealkylation sites (N-methyl/N-ethyl adjacent to an activating group) is 1. The van der Waals surface area contributed by atoms with E-state index in [-0.39, 0.29) is 5.91 Å². The van der Waals surface area contributed by atoms with Crippen molar-refractivity contribution in [1.29, 1.82) is 0 Å². The molecule has 1 N–H and O–H groups in total. The minimum Gasteiger partial charge on any atom is -0.493 e. The molecule has 2 unspecified atom stereocenters. The molecule has 3 rings (SSSR count). The number of benzene rings is 1. The molecule has 0 saturated carbocycles. The Kier molecular flexibility index (Phi) is 3.98. The highest BCUT2D eigenvalue weighted by atomic mass is 79.9. The van der Waals surface area contributed by atoms with Gasteiger partial charge in [-0.15, -0.1) is 0 Å². The Morgan fingerprint density at radius 2 is 2.25 bits per heavy atom. The van der Waals surface area contributed by atoms with Crippen LogP contribution in [0.5, 0.6) is 5.75 Å². The lowest BCUT2D eigenvalue weighted by molar-refractivity contribution is -0.132. The second-order valence-electron chi connectivity index (χ2n) is 5.55. The second kappa shape index (κ2) is 5.74. The zero-order valence-corrected chi connectivity index (χ0v) is 13.1. The molecule has 0 aromatic heterocycles. The van der Waals surface area contributed by atoms with Gasteiger partial charge in [-0.1, -0.05) is 15.9 Å². The van der Waals surface area contributed by atoms with Crippen molar-refractivity contribution in [1.82, 2.24) is 10.2 Å². The highest BCUT2D eigenvalue weighted by molar-refractivity contribution is 9.10. The molecule has 2 aliphatic rings. The first kappa shape index (κ1) is 13.9. The van der Waals surface area contributed by atoms with E-state index in [4.69, 9.17) is 4.74 Å². The fourth-order valence-corrected chi connectivity index (χ4v) is 3.35. The van der Waals surface area contributed by atoms with Crippen molar-refractivity contribution in [2.45, 2.75) is 31.3 Å². The number of rotatable bonds is 2. The van der Waals surface area contributed by atoms with Crippen LogP contribution in [0.15, 0.2) is 22.7 Å². The van der Waals surface area contributed by atoms with Crippen molar-refractivity contribution < 1.29 is 9.53 Å². The highest BCUT2D eigenvalue weighted by Crippen LogP contribution is 2.34. The molecule has 0 bridgehead atoms. The summed E-state index contributed by atoms with van der Waals surface area (Å²) in [4.78, 5) is 13.4. The number of carbonyl (C=O) groups excluding carboxylic acids is 1. The van der Waals surface area contributed by atoms with E-state index < -0.39 is 0 Å². The zero-order valence-electron chi connectivity index (χ0n) is 11.6. The number of carbonyl (C=O) groups is 1. The maximum Gasteiger partial charge on any atom is 0.222 e. The van der Waals surface area contributed by atoms with Gasteiger partial charge in [-0.05, 0) is 24.6 Å². The number of fused-ring (bicyclic) bond motifs is 1. The van der Waals surface area contributed by atoms with Crippen LogP contribution in [0.4, 0.5) is 0 Å². The third-order valence-electron chi connectivity index (χ3n) is 4.07. The molecule has 5 heteroatoms. The lowest BCUT2D eigenvalue weighted by Crippen LogP contribution is -2.48. The van der Waals surface area contributed by atoms with E-state index in [1.807, 2.05) is 24.1 Å². The lowest BCUT2D eigenvalue weighted by Gasteiger charge is -2.35. The number of ether oxygens (including phenoxy) is 1. The van der Waals surface area contributed by atoms with Crippen molar-refractivity contribution in [3.63, 3.8) is 0 Å². The van der Waals surface area contributed by atoms with Gasteiger partial charge in [0.2, 0.25) is 5.91 Å². The number of hydrogen-bond donors (Lipinski definition) is 1. The molecule has 1 fully saturated rings. The normalized spacial score (nSPS) is 26.1. The van der Waals surface area contributed by atoms with Crippen LogP contribution in [-0.4, -0.2) is 37.0 Å². The number of amides is 1. The smallest absolute Gasteiger partial charge is 0.222 e. The van der Waals surface area contributed by atoms with Crippen LogP contribution in [0.3, 0.4) is 0 Å². The average Bonchev–Trinajstić information content (AvgIpc) is 2.44. The Morgan fingerprint density at radius 1 is 1.40 bits per heavy atom. The Morgan fingerprint density at radius 3 is 3.05 bits per heavy atom. The van der Waals surface area contributed by atoms with E-state index in [0.29, 0.717) is 18.5 Å². The van der Waals surface area contributed by atoms with Gasteiger partial charge in [0.05, 0.1) is 6.61 Å². The van der Waals surface area contributed by atoms with Gasteiger partial charge in [-0.3, -0.25) is 4.79 Å². The predicted octanol–water partition coefficient (Wildman–Crippen LogP) is 2.48. The molecule has 1 amide bonds. The van der Waals surface area contributed by atoms with Gasteiger partial charge in [0, 0.05) is 48.6 Å². The summed E-state index contributed by atoms with van der Waals surface area (Å²) in [6.45, 7) is 1.54. The van der Waals surface area contributed by atoms with E-state index >= 15 is 0 Å². The number of nitrogens with zero attached hydrogens (tertiary/aromatic N) is 1. The summed E-state index contributed by atoms with van der Waals surface area (Å²) < 4.78 is 6.78. The van der Waals surface area contributed by atoms with Crippen LogP contribution >= 0.6 is 15.9 Å². The molecule has 20 heavy (non-hydrogen) atoms. The van der Waals surface area contributed by atoms with E-state index in [1.165, 1.54) is 5.56 Å². The van der Waals surface area contributed by atoms with Gasteiger partial charge < -0.3 is 15.0 Å². The SMILES string of the molecule is CN1CC(NC2CCOc3ccc(Br)cc32)CCC1=O. The van der Waals surface area contributed by atoms with Crippen LogP contribution in [0, 0.1) is 0 Å². The minimum absolute atomic E-state index is 0.248. The molecule has 1 saturated heterocycles. The number of hydrogen-bond acceptors (Lipinski definition) is 3. The summed E-state index contributed by atoms with van der Waals surface area (Å²) in [5, 5.41) is 3.70. The minimum atomic E-state index is 0.248. The van der Waals surface area contributed by atoms with Gasteiger partial charge in [0.25, 0.3) is 0 Å². The van der Waals surface area contributed by atoms with Crippen LogP contribution in [-0.2, 0) is 4.79 Å². The molecule has 4 nitrogen and oxygen atoms in total. The van der Waals surface area contributed by atoms with E-state index in [1.54, 1.807) is 0 Å². The summed E-state index contributed by atoms with van der Waals surface area (Å²) in [6, 6.07) is 6.83. The third kappa shape index (κ3) is 2.83. The molecule has 2 heterocycles. The second-order valence-corrected chi connectivity index (χ2v) is 6.46. The number of likely N-dealkylation sites (tertiary alicyclic amines) is 1. The van der Waals surface area contributed by atoms with E-state index in [0.717, 1.165) is 36.2 Å². The van der Waals surface area contributed by atoms with Gasteiger partial charge in [0.1, 0.15) is 5.75 Å². The fraction of sp³-hybridized carbons (Fsp3) is 0.533. The Balaban J connectivity index is 1.73. The molecule has 1 aromatic rings. The average molecular weight is 339 g/mol. The van der Waals surface area contributed by atoms with Crippen molar-refractivity contribution in [3.8, 4) is 5.75 Å². The maximum absolute atomic E-state index is 11.5. The van der Waals surface area contributed by atoms with Gasteiger partial charge >= 0.3 is 0 Å². The van der Waals surface area contributed by atoms with Crippen molar-refractivity contribution in [2.75, 3.05) is 20.2 Å². The summed E-state index contributed by atoms with van der Waals surface area (Å²) >= 11 is 3.52. The summed E-state index contributed by atoms with van der Waals surface area (Å²) in [7, 11) is 1.88. The van der Waals surface area contributed by atoms with Crippen LogP contribution in [0.1, 0.15) is 30.9 Å². The summed E-state index contributed by atoms with van der Waals surface area (Å²) in [5.41, 5.74) is 1.21. The van der Waals surface area contributed by atoms with Crippen LogP contribution in [0.25, 0.3) is 0 Å². The first-order valence-electron chi connectivity index (χ1n) is 7.06. The zero-order chi connectivity index (χ0) is 14.1. The van der Waals surface area contributed by atoms with E-state index in [2.05, 4.69) is 27.3 Å². The van der Waals surface area contributed by atoms with E-state index in [9.17, 15) is 4.79 Å². The van der Waals surface area contributed by atoms with Gasteiger partial charge in [0.15, 0.2) is 0 Å². The monoisotopic (exact) mass is 338 g/mol. The molecule has 1 aromatic carbocycles. The molecular formula is C15H19BrN2O2. The molecular weight excluding hydrogens is 320 g/mol. The van der Waals surface area contributed by atoms with Gasteiger partial charge in [-0.25, -0.2) is 0 Å². The first-order chi connectivity index (χ1) is 9.63. The van der Waals surface area contributed by atoms with Crippen molar-refractivity contribution in [2.24, 2.45) is 0 Å². The van der Waals surface area contributed by atoms with Crippen LogP contribution in [0.2, 0.25) is 0 Å². The highest BCUT2D eigenvalue weighted by Gasteiger charge is 2.28. The fourth-order valence-electron chi connectivity index (χ4n) is 2.97. The molecule has 2 atom stereocenters. The molecule has 0 radical (unpaired) electrons. The lowest BCUT2D eigenvalue weighted by atomic mass is 9.97. The third-order valence-corrected chi connectivity index (χ3v) is 4.57. The molecule has 108 valence electrons. The van der Waals surface area contributed by atoms with Crippen molar-refractivity contribution in [3.05, 3.63) is 28.2 Å². The Hall–Kier alpha value is -1.07. The molecule has 0 aliphatic carbocycles. The van der Waals surface area contributed by atoms with Crippen molar-refractivity contribution >= 4 is 21.8 Å². The summed E-state index contributed by atoms with van der Waals surface area (Å²) in [5.74, 6) is 1.22. The number of halogens is 1. The number of nitrogens with one attached hydrogen (secondary N) is 1. The Labute approximate surface area is 127 Å². The summed E-state index contributed by atoms with van der Waals surface area (Å²) in [6.07, 6.45) is 2.53. The standard InChI is InChI=1S/C15H19BrN2O2/c1-18-9-11(3-5-15(18)19)17-13-6-7-20-14-4-2-10(16)8-12(13)14/h2,4,8,11,13,17H,3,5-7,9H2,1H3. The first-order valence-corrected chi connectivity index (χ1v) is 7.85. The topological polar surface area (TPSA) is 41.6 Å². The number of piperidine rings is 1. The predicted molar refractivity (Wildman–Crippen MR) is 80.8 cm³/mol. The van der Waals surface area contributed by atoms with Crippen LogP contribution < -0.4 is 10.1 Å². The molecule has 2 aliphatic heterocycles. The van der Waals surface area contributed by atoms with Gasteiger partial charge in [-0.2, -0.15) is 0 Å². The molecule has 0 spiro atoms. The Bertz CT molecular complexity index is 521.